The second-order valence-corrected chi connectivity index (χ2v) is 7.85. The van der Waals surface area contributed by atoms with Crippen LogP contribution in [0.15, 0.2) is 29.2 Å². The fraction of sp³-hybridized carbons (Fsp3) is 0.500. The highest BCUT2D eigenvalue weighted by Gasteiger charge is 2.40. The summed E-state index contributed by atoms with van der Waals surface area (Å²) in [6.07, 6.45) is 1.87. The molecule has 4 nitrogen and oxygen atoms in total. The van der Waals surface area contributed by atoms with E-state index < -0.39 is 10.0 Å². The van der Waals surface area contributed by atoms with E-state index in [0.29, 0.717) is 11.4 Å². The smallest absolute Gasteiger partial charge is 0.212 e. The molecule has 18 heavy (non-hydrogen) atoms. The summed E-state index contributed by atoms with van der Waals surface area (Å²) in [4.78, 5) is 0.935. The van der Waals surface area contributed by atoms with Gasteiger partial charge in [-0.05, 0) is 31.9 Å². The largest absolute Gasteiger partial charge is 0.398 e. The second-order valence-electron chi connectivity index (χ2n) is 4.87. The van der Waals surface area contributed by atoms with Gasteiger partial charge in [-0.25, -0.2) is 13.1 Å². The van der Waals surface area contributed by atoms with Crippen LogP contribution in [0.2, 0.25) is 0 Å². The lowest BCUT2D eigenvalue weighted by molar-refractivity contribution is 0.559. The minimum atomic E-state index is -3.17. The van der Waals surface area contributed by atoms with Gasteiger partial charge < -0.3 is 5.73 Å². The van der Waals surface area contributed by atoms with E-state index in [1.54, 1.807) is 0 Å². The molecule has 0 radical (unpaired) electrons. The van der Waals surface area contributed by atoms with E-state index in [1.165, 1.54) is 11.8 Å². The average Bonchev–Trinajstić information content (AvgIpc) is 2.97. The summed E-state index contributed by atoms with van der Waals surface area (Å²) in [5.41, 5.74) is 6.31. The number of hydrogen-bond donors (Lipinski definition) is 2. The van der Waals surface area contributed by atoms with E-state index >= 15 is 0 Å². The number of hydrogen-bond acceptors (Lipinski definition) is 4. The number of nitrogens with one attached hydrogen (secondary N) is 1. The number of thioether (sulfide) groups is 1. The number of rotatable bonds is 6. The molecule has 0 bridgehead atoms. The number of para-hydroxylation sites is 1. The van der Waals surface area contributed by atoms with Crippen molar-refractivity contribution in [3.05, 3.63) is 24.3 Å². The molecule has 0 atom stereocenters. The van der Waals surface area contributed by atoms with Crippen molar-refractivity contribution in [2.45, 2.75) is 30.2 Å². The van der Waals surface area contributed by atoms with Gasteiger partial charge in [-0.15, -0.1) is 11.8 Å². The van der Waals surface area contributed by atoms with E-state index in [9.17, 15) is 8.42 Å². The Hall–Kier alpha value is -0.720. The summed E-state index contributed by atoms with van der Waals surface area (Å²) >= 11 is 1.48. The fourth-order valence-corrected chi connectivity index (χ4v) is 4.49. The van der Waals surface area contributed by atoms with Crippen LogP contribution in [0, 0.1) is 0 Å². The second kappa shape index (κ2) is 5.11. The van der Waals surface area contributed by atoms with Gasteiger partial charge in [0.15, 0.2) is 0 Å². The van der Waals surface area contributed by atoms with Gasteiger partial charge >= 0.3 is 0 Å². The van der Waals surface area contributed by atoms with Crippen LogP contribution in [0.4, 0.5) is 5.69 Å². The molecular weight excluding hydrogens is 268 g/mol. The molecular formula is C12H18N2O2S2. The first-order chi connectivity index (χ1) is 8.40. The summed E-state index contributed by atoms with van der Waals surface area (Å²) in [7, 11) is -3.17. The molecule has 1 aliphatic rings. The highest BCUT2D eigenvalue weighted by atomic mass is 32.2. The van der Waals surface area contributed by atoms with E-state index in [2.05, 4.69) is 4.72 Å². The van der Waals surface area contributed by atoms with Crippen molar-refractivity contribution in [3.63, 3.8) is 0 Å². The lowest BCUT2D eigenvalue weighted by Gasteiger charge is -2.12. The van der Waals surface area contributed by atoms with Crippen LogP contribution in [0.3, 0.4) is 0 Å². The molecule has 3 N–H and O–H groups in total. The van der Waals surface area contributed by atoms with Gasteiger partial charge in [0.2, 0.25) is 10.0 Å². The van der Waals surface area contributed by atoms with E-state index in [4.69, 9.17) is 5.73 Å². The zero-order valence-electron chi connectivity index (χ0n) is 10.3. The van der Waals surface area contributed by atoms with Gasteiger partial charge in [0.25, 0.3) is 0 Å². The minimum absolute atomic E-state index is 0.127. The van der Waals surface area contributed by atoms with Crippen molar-refractivity contribution in [2.75, 3.05) is 17.2 Å². The van der Waals surface area contributed by atoms with E-state index in [1.807, 2.05) is 31.2 Å². The summed E-state index contributed by atoms with van der Waals surface area (Å²) < 4.78 is 26.3. The maximum absolute atomic E-state index is 11.8. The Morgan fingerprint density at radius 3 is 2.67 bits per heavy atom. The first-order valence-electron chi connectivity index (χ1n) is 5.89. The molecule has 100 valence electrons. The Labute approximate surface area is 112 Å². The van der Waals surface area contributed by atoms with Crippen molar-refractivity contribution < 1.29 is 8.42 Å². The van der Waals surface area contributed by atoms with E-state index in [0.717, 1.165) is 17.7 Å². The SMILES string of the molecule is CC1(NS(=O)(=O)CCSc2ccccc2N)CC1. The molecule has 0 aliphatic heterocycles. The van der Waals surface area contributed by atoms with Gasteiger partial charge in [0.1, 0.15) is 0 Å². The predicted octanol–water partition coefficient (Wildman–Crippen LogP) is 1.83. The highest BCUT2D eigenvalue weighted by Crippen LogP contribution is 2.35. The van der Waals surface area contributed by atoms with Gasteiger partial charge in [-0.3, -0.25) is 0 Å². The Balaban J connectivity index is 1.83. The number of sulfonamides is 1. The maximum atomic E-state index is 11.8. The number of nitrogens with two attached hydrogens (primary N) is 1. The molecule has 0 unspecified atom stereocenters. The van der Waals surface area contributed by atoms with Crippen molar-refractivity contribution in [1.82, 2.24) is 4.72 Å². The highest BCUT2D eigenvalue weighted by molar-refractivity contribution is 8.00. The molecule has 1 fully saturated rings. The lowest BCUT2D eigenvalue weighted by atomic mass is 10.3. The van der Waals surface area contributed by atoms with Crippen molar-refractivity contribution in [2.24, 2.45) is 0 Å². The zero-order valence-corrected chi connectivity index (χ0v) is 12.0. The standard InChI is InChI=1S/C12H18N2O2S2/c1-12(6-7-12)14-18(15,16)9-8-17-11-5-3-2-4-10(11)13/h2-5,14H,6-9,13H2,1H3. The molecule has 0 amide bonds. The van der Waals surface area contributed by atoms with Crippen LogP contribution in [-0.4, -0.2) is 25.5 Å². The van der Waals surface area contributed by atoms with Gasteiger partial charge in [0, 0.05) is 21.9 Å². The topological polar surface area (TPSA) is 72.2 Å². The Bertz CT molecular complexity index is 525. The number of nitrogen functional groups attached to an aromatic ring is 1. The lowest BCUT2D eigenvalue weighted by Crippen LogP contribution is -2.36. The van der Waals surface area contributed by atoms with Crippen LogP contribution in [-0.2, 0) is 10.0 Å². The van der Waals surface area contributed by atoms with Crippen LogP contribution in [0.1, 0.15) is 19.8 Å². The van der Waals surface area contributed by atoms with Gasteiger partial charge in [0.05, 0.1) is 5.75 Å². The Morgan fingerprint density at radius 1 is 1.39 bits per heavy atom. The summed E-state index contributed by atoms with van der Waals surface area (Å²) in [6, 6.07) is 7.49. The minimum Gasteiger partial charge on any atom is -0.398 e. The summed E-state index contributed by atoms with van der Waals surface area (Å²) in [5, 5.41) is 0. The number of anilines is 1. The molecule has 0 heterocycles. The molecule has 1 saturated carbocycles. The first-order valence-corrected chi connectivity index (χ1v) is 8.53. The molecule has 6 heteroatoms. The zero-order chi connectivity index (χ0) is 13.2. The predicted molar refractivity (Wildman–Crippen MR) is 76.1 cm³/mol. The molecule has 2 rings (SSSR count). The quantitative estimate of drug-likeness (QED) is 0.618. The Morgan fingerprint density at radius 2 is 2.06 bits per heavy atom. The van der Waals surface area contributed by atoms with Gasteiger partial charge in [-0.1, -0.05) is 12.1 Å². The normalized spacial score (nSPS) is 17.6. The molecule has 0 spiro atoms. The van der Waals surface area contributed by atoms with Crippen molar-refractivity contribution >= 4 is 27.5 Å². The monoisotopic (exact) mass is 286 g/mol. The molecule has 1 aliphatic carbocycles. The van der Waals surface area contributed by atoms with Crippen LogP contribution < -0.4 is 10.5 Å². The van der Waals surface area contributed by atoms with Crippen molar-refractivity contribution in [1.29, 1.82) is 0 Å². The molecule has 0 aromatic heterocycles. The summed E-state index contributed by atoms with van der Waals surface area (Å²) in [6.45, 7) is 1.94. The molecule has 0 saturated heterocycles. The molecule has 1 aromatic carbocycles. The van der Waals surface area contributed by atoms with Crippen LogP contribution >= 0.6 is 11.8 Å². The van der Waals surface area contributed by atoms with E-state index in [-0.39, 0.29) is 11.3 Å². The summed E-state index contributed by atoms with van der Waals surface area (Å²) in [5.74, 6) is 0.640. The average molecular weight is 286 g/mol. The third-order valence-corrected chi connectivity index (χ3v) is 5.83. The maximum Gasteiger partial charge on any atom is 0.212 e. The van der Waals surface area contributed by atoms with Crippen molar-refractivity contribution in [3.8, 4) is 0 Å². The van der Waals surface area contributed by atoms with Gasteiger partial charge in [-0.2, -0.15) is 0 Å². The van der Waals surface area contributed by atoms with Crippen LogP contribution in [0.25, 0.3) is 0 Å². The van der Waals surface area contributed by atoms with Crippen LogP contribution in [0.5, 0.6) is 0 Å². The third-order valence-electron chi connectivity index (χ3n) is 2.93. The third kappa shape index (κ3) is 3.90. The first kappa shape index (κ1) is 13.7. The number of benzene rings is 1. The molecule has 1 aromatic rings. The fourth-order valence-electron chi connectivity index (χ4n) is 1.59. The Kier molecular flexibility index (Phi) is 3.89.